The number of anilines is 1. The first-order valence-electron chi connectivity index (χ1n) is 4.91. The number of hydrogen-bond acceptors (Lipinski definition) is 3. The summed E-state index contributed by atoms with van der Waals surface area (Å²) < 4.78 is 27.2. The molecule has 1 saturated heterocycles. The number of rotatable bonds is 1. The second-order valence-electron chi connectivity index (χ2n) is 3.49. The van der Waals surface area contributed by atoms with E-state index in [0.29, 0.717) is 24.3 Å². The van der Waals surface area contributed by atoms with E-state index in [1.165, 1.54) is 4.31 Å². The molecule has 6 heteroatoms. The van der Waals surface area contributed by atoms with Crippen molar-refractivity contribution < 1.29 is 8.42 Å². The average molecular weight is 237 g/mol. The Kier molecular flexibility index (Phi) is 2.81. The second kappa shape index (κ2) is 4.12. The maximum Gasteiger partial charge on any atom is 0.301 e. The van der Waals surface area contributed by atoms with E-state index in [4.69, 9.17) is 5.26 Å². The minimum absolute atomic E-state index is 0.449. The van der Waals surface area contributed by atoms with Crippen LogP contribution in [0.5, 0.6) is 0 Å². The van der Waals surface area contributed by atoms with E-state index in [1.54, 1.807) is 24.3 Å². The summed E-state index contributed by atoms with van der Waals surface area (Å²) in [6.45, 7) is 0.918. The molecule has 1 heterocycles. The van der Waals surface area contributed by atoms with Gasteiger partial charge in [0, 0.05) is 13.1 Å². The third kappa shape index (κ3) is 2.01. The first kappa shape index (κ1) is 10.9. The predicted molar refractivity (Wildman–Crippen MR) is 60.0 cm³/mol. The van der Waals surface area contributed by atoms with Crippen molar-refractivity contribution in [1.82, 2.24) is 4.72 Å². The summed E-state index contributed by atoms with van der Waals surface area (Å²) in [6, 6.07) is 8.58. The van der Waals surface area contributed by atoms with Crippen molar-refractivity contribution in [2.45, 2.75) is 6.42 Å². The lowest BCUT2D eigenvalue weighted by molar-refractivity contribution is 0.560. The molecule has 5 nitrogen and oxygen atoms in total. The van der Waals surface area contributed by atoms with Gasteiger partial charge < -0.3 is 0 Å². The predicted octanol–water partition coefficient (Wildman–Crippen LogP) is 0.603. The summed E-state index contributed by atoms with van der Waals surface area (Å²) in [7, 11) is -3.43. The number of nitrogens with one attached hydrogen (secondary N) is 1. The second-order valence-corrected chi connectivity index (χ2v) is 5.17. The first-order valence-corrected chi connectivity index (χ1v) is 6.35. The van der Waals surface area contributed by atoms with Crippen LogP contribution in [0.15, 0.2) is 24.3 Å². The largest absolute Gasteiger partial charge is 0.301 e. The summed E-state index contributed by atoms with van der Waals surface area (Å²) in [4.78, 5) is 0. The maximum absolute atomic E-state index is 11.7. The highest BCUT2D eigenvalue weighted by molar-refractivity contribution is 7.90. The topological polar surface area (TPSA) is 73.2 Å². The Bertz CT molecular complexity index is 533. The van der Waals surface area contributed by atoms with Crippen LogP contribution in [0.1, 0.15) is 12.0 Å². The molecular weight excluding hydrogens is 226 g/mol. The van der Waals surface area contributed by atoms with E-state index >= 15 is 0 Å². The van der Waals surface area contributed by atoms with Gasteiger partial charge in [0.05, 0.1) is 17.3 Å². The first-order chi connectivity index (χ1) is 7.63. The molecule has 1 aromatic rings. The zero-order valence-electron chi connectivity index (χ0n) is 8.55. The summed E-state index contributed by atoms with van der Waals surface area (Å²) in [6.07, 6.45) is 0.760. The van der Waals surface area contributed by atoms with Crippen LogP contribution >= 0.6 is 0 Å². The molecule has 0 aromatic heterocycles. The van der Waals surface area contributed by atoms with Crippen LogP contribution in [0.25, 0.3) is 0 Å². The molecule has 16 heavy (non-hydrogen) atoms. The highest BCUT2D eigenvalue weighted by atomic mass is 32.2. The molecule has 0 radical (unpaired) electrons. The highest BCUT2D eigenvalue weighted by Gasteiger charge is 2.25. The standard InChI is InChI=1S/C10H11N3O2S/c11-8-9-3-1-4-10(7-9)13-6-2-5-12-16(13,14)15/h1,3-4,7,12H,2,5-6H2. The SMILES string of the molecule is N#Cc1cccc(N2CCCNS2(=O)=O)c1. The van der Waals surface area contributed by atoms with Gasteiger partial charge in [0.1, 0.15) is 0 Å². The molecule has 1 aliphatic heterocycles. The smallest absolute Gasteiger partial charge is 0.258 e. The maximum atomic E-state index is 11.7. The van der Waals surface area contributed by atoms with E-state index in [1.807, 2.05) is 6.07 Å². The summed E-state index contributed by atoms with van der Waals surface area (Å²) in [5.74, 6) is 0. The molecule has 1 N–H and O–H groups in total. The zero-order chi connectivity index (χ0) is 11.6. The van der Waals surface area contributed by atoms with E-state index in [2.05, 4.69) is 4.72 Å². The molecule has 0 amide bonds. The van der Waals surface area contributed by atoms with Gasteiger partial charge in [-0.3, -0.25) is 4.31 Å². The number of nitrogens with zero attached hydrogens (tertiary/aromatic N) is 2. The molecule has 0 aliphatic carbocycles. The fourth-order valence-corrected chi connectivity index (χ4v) is 2.94. The highest BCUT2D eigenvalue weighted by Crippen LogP contribution is 2.20. The molecule has 0 saturated carbocycles. The van der Waals surface area contributed by atoms with Crippen LogP contribution in [-0.4, -0.2) is 21.5 Å². The molecule has 84 valence electrons. The minimum atomic E-state index is -3.43. The van der Waals surface area contributed by atoms with Gasteiger partial charge in [-0.25, -0.2) is 0 Å². The summed E-state index contributed by atoms with van der Waals surface area (Å²) in [5, 5.41) is 8.76. The normalized spacial score (nSPS) is 19.1. The Morgan fingerprint density at radius 2 is 2.25 bits per heavy atom. The van der Waals surface area contributed by atoms with Gasteiger partial charge in [0.2, 0.25) is 0 Å². The van der Waals surface area contributed by atoms with Crippen molar-refractivity contribution in [2.75, 3.05) is 17.4 Å². The quantitative estimate of drug-likeness (QED) is 0.777. The van der Waals surface area contributed by atoms with Crippen LogP contribution in [0.4, 0.5) is 5.69 Å². The van der Waals surface area contributed by atoms with Crippen molar-refractivity contribution in [3.63, 3.8) is 0 Å². The van der Waals surface area contributed by atoms with Crippen LogP contribution < -0.4 is 9.03 Å². The van der Waals surface area contributed by atoms with E-state index in [0.717, 1.165) is 6.42 Å². The Labute approximate surface area is 94.5 Å². The Morgan fingerprint density at radius 1 is 1.44 bits per heavy atom. The Hall–Kier alpha value is -1.58. The molecule has 0 bridgehead atoms. The van der Waals surface area contributed by atoms with Gasteiger partial charge >= 0.3 is 10.2 Å². The minimum Gasteiger partial charge on any atom is -0.258 e. The van der Waals surface area contributed by atoms with Crippen molar-refractivity contribution in [1.29, 1.82) is 5.26 Å². The van der Waals surface area contributed by atoms with Gasteiger partial charge in [-0.1, -0.05) is 6.07 Å². The van der Waals surface area contributed by atoms with Gasteiger partial charge in [-0.05, 0) is 24.6 Å². The molecule has 1 aliphatic rings. The third-order valence-corrected chi connectivity index (χ3v) is 3.92. The van der Waals surface area contributed by atoms with E-state index in [-0.39, 0.29) is 0 Å². The van der Waals surface area contributed by atoms with Crippen LogP contribution in [0, 0.1) is 11.3 Å². The molecule has 2 rings (SSSR count). The lowest BCUT2D eigenvalue weighted by atomic mass is 10.2. The fourth-order valence-electron chi connectivity index (χ4n) is 1.62. The monoisotopic (exact) mass is 237 g/mol. The molecular formula is C10H11N3O2S. The van der Waals surface area contributed by atoms with Crippen molar-refractivity contribution in [3.05, 3.63) is 29.8 Å². The van der Waals surface area contributed by atoms with Gasteiger partial charge in [0.25, 0.3) is 0 Å². The summed E-state index contributed by atoms with van der Waals surface area (Å²) >= 11 is 0. The Morgan fingerprint density at radius 3 is 2.94 bits per heavy atom. The van der Waals surface area contributed by atoms with Crippen molar-refractivity contribution >= 4 is 15.9 Å². The number of nitriles is 1. The number of benzene rings is 1. The lowest BCUT2D eigenvalue weighted by Crippen LogP contribution is -2.47. The molecule has 0 unspecified atom stereocenters. The van der Waals surface area contributed by atoms with Gasteiger partial charge in [0.15, 0.2) is 0 Å². The fraction of sp³-hybridized carbons (Fsp3) is 0.300. The van der Waals surface area contributed by atoms with Crippen LogP contribution in [-0.2, 0) is 10.2 Å². The zero-order valence-corrected chi connectivity index (χ0v) is 9.37. The lowest BCUT2D eigenvalue weighted by Gasteiger charge is -2.28. The molecule has 1 fully saturated rings. The van der Waals surface area contributed by atoms with Crippen molar-refractivity contribution in [3.8, 4) is 6.07 Å². The van der Waals surface area contributed by atoms with Crippen LogP contribution in [0.2, 0.25) is 0 Å². The molecule has 1 aromatic carbocycles. The van der Waals surface area contributed by atoms with Gasteiger partial charge in [-0.15, -0.1) is 0 Å². The van der Waals surface area contributed by atoms with Crippen LogP contribution in [0.3, 0.4) is 0 Å². The Balaban J connectivity index is 2.40. The molecule has 0 spiro atoms. The van der Waals surface area contributed by atoms with Gasteiger partial charge in [-0.2, -0.15) is 18.4 Å². The van der Waals surface area contributed by atoms with E-state index < -0.39 is 10.2 Å². The average Bonchev–Trinajstić information content (AvgIpc) is 2.28. The summed E-state index contributed by atoms with van der Waals surface area (Å²) in [5.41, 5.74) is 0.990. The number of hydrogen-bond donors (Lipinski definition) is 1. The van der Waals surface area contributed by atoms with E-state index in [9.17, 15) is 8.42 Å². The molecule has 0 atom stereocenters. The van der Waals surface area contributed by atoms with Crippen molar-refractivity contribution in [2.24, 2.45) is 0 Å². The third-order valence-electron chi connectivity index (χ3n) is 2.38.